The Bertz CT molecular complexity index is 263. The second kappa shape index (κ2) is 7.30. The van der Waals surface area contributed by atoms with Crippen molar-refractivity contribution in [3.63, 3.8) is 0 Å². The van der Waals surface area contributed by atoms with Gasteiger partial charge in [0, 0.05) is 19.8 Å². The van der Waals surface area contributed by atoms with E-state index < -0.39 is 0 Å². The minimum absolute atomic E-state index is 0.720. The third kappa shape index (κ3) is 4.35. The fourth-order valence-corrected chi connectivity index (χ4v) is 1.22. The van der Waals surface area contributed by atoms with E-state index >= 15 is 0 Å². The van der Waals surface area contributed by atoms with E-state index in [0.29, 0.717) is 0 Å². The fraction of sp³-hybridized carbons (Fsp3) is 0.889. The molecule has 0 aliphatic rings. The topological polar surface area (TPSA) is 64.9 Å². The summed E-state index contributed by atoms with van der Waals surface area (Å²) in [5.41, 5.74) is 0. The summed E-state index contributed by atoms with van der Waals surface area (Å²) in [5, 5.41) is 14.7. The summed E-state index contributed by atoms with van der Waals surface area (Å²) in [4.78, 5) is 0. The standard InChI is InChI=1S/C9H19N5O/c1-3-10-8-9-11-12-13-14(9)6-5-7-15-4-2/h10H,3-8H2,1-2H3. The molecule has 0 bridgehead atoms. The van der Waals surface area contributed by atoms with Crippen molar-refractivity contribution in [2.75, 3.05) is 19.8 Å². The van der Waals surface area contributed by atoms with E-state index in [4.69, 9.17) is 4.74 Å². The predicted octanol–water partition coefficient (Wildman–Crippen LogP) is 0.209. The second-order valence-electron chi connectivity index (χ2n) is 3.15. The molecule has 1 rings (SSSR count). The summed E-state index contributed by atoms with van der Waals surface area (Å²) in [7, 11) is 0. The van der Waals surface area contributed by atoms with Crippen LogP contribution < -0.4 is 5.32 Å². The summed E-state index contributed by atoms with van der Waals surface area (Å²) in [6, 6.07) is 0. The molecule has 0 aliphatic carbocycles. The van der Waals surface area contributed by atoms with E-state index in [9.17, 15) is 0 Å². The predicted molar refractivity (Wildman–Crippen MR) is 56.3 cm³/mol. The summed E-state index contributed by atoms with van der Waals surface area (Å²) in [6.45, 7) is 8.03. The van der Waals surface area contributed by atoms with Gasteiger partial charge in [0.25, 0.3) is 0 Å². The van der Waals surface area contributed by atoms with Crippen LogP contribution >= 0.6 is 0 Å². The molecule has 6 nitrogen and oxygen atoms in total. The quantitative estimate of drug-likeness (QED) is 0.625. The van der Waals surface area contributed by atoms with Gasteiger partial charge in [0.1, 0.15) is 0 Å². The number of rotatable bonds is 8. The maximum absolute atomic E-state index is 5.26. The lowest BCUT2D eigenvalue weighted by Crippen LogP contribution is -2.17. The number of aryl methyl sites for hydroxylation is 1. The maximum Gasteiger partial charge on any atom is 0.165 e. The van der Waals surface area contributed by atoms with E-state index in [1.165, 1.54) is 0 Å². The highest BCUT2D eigenvalue weighted by Gasteiger charge is 2.03. The lowest BCUT2D eigenvalue weighted by molar-refractivity contribution is 0.140. The van der Waals surface area contributed by atoms with Gasteiger partial charge >= 0.3 is 0 Å². The van der Waals surface area contributed by atoms with Crippen molar-refractivity contribution in [3.05, 3.63) is 5.82 Å². The van der Waals surface area contributed by atoms with Gasteiger partial charge in [-0.15, -0.1) is 5.10 Å². The lowest BCUT2D eigenvalue weighted by atomic mass is 10.4. The molecule has 0 saturated heterocycles. The Kier molecular flexibility index (Phi) is 5.87. The Morgan fingerprint density at radius 1 is 1.40 bits per heavy atom. The molecule has 0 unspecified atom stereocenters. The van der Waals surface area contributed by atoms with Gasteiger partial charge in [-0.3, -0.25) is 0 Å². The van der Waals surface area contributed by atoms with Crippen molar-refractivity contribution in [2.24, 2.45) is 0 Å². The Morgan fingerprint density at radius 2 is 2.27 bits per heavy atom. The van der Waals surface area contributed by atoms with Crippen LogP contribution in [0, 0.1) is 0 Å². The molecule has 0 saturated carbocycles. The first-order valence-electron chi connectivity index (χ1n) is 5.42. The number of aromatic nitrogens is 4. The van der Waals surface area contributed by atoms with E-state index in [-0.39, 0.29) is 0 Å². The van der Waals surface area contributed by atoms with E-state index in [1.54, 1.807) is 0 Å². The Hall–Kier alpha value is -1.01. The monoisotopic (exact) mass is 213 g/mol. The van der Waals surface area contributed by atoms with Gasteiger partial charge in [-0.25, -0.2) is 4.68 Å². The molecule has 6 heteroatoms. The van der Waals surface area contributed by atoms with Crippen molar-refractivity contribution in [2.45, 2.75) is 33.4 Å². The number of tetrazole rings is 1. The number of nitrogens with zero attached hydrogens (tertiary/aromatic N) is 4. The number of nitrogens with one attached hydrogen (secondary N) is 1. The van der Waals surface area contributed by atoms with Crippen LogP contribution in [0.1, 0.15) is 26.1 Å². The minimum Gasteiger partial charge on any atom is -0.382 e. The second-order valence-corrected chi connectivity index (χ2v) is 3.15. The van der Waals surface area contributed by atoms with Gasteiger partial charge in [0.2, 0.25) is 0 Å². The molecule has 86 valence electrons. The van der Waals surface area contributed by atoms with Crippen molar-refractivity contribution < 1.29 is 4.74 Å². The van der Waals surface area contributed by atoms with E-state index in [1.807, 2.05) is 11.6 Å². The van der Waals surface area contributed by atoms with E-state index in [0.717, 1.165) is 45.1 Å². The Balaban J connectivity index is 2.29. The first-order valence-corrected chi connectivity index (χ1v) is 5.42. The highest BCUT2D eigenvalue weighted by atomic mass is 16.5. The zero-order valence-electron chi connectivity index (χ0n) is 9.44. The largest absolute Gasteiger partial charge is 0.382 e. The van der Waals surface area contributed by atoms with Crippen LogP contribution in [0.25, 0.3) is 0 Å². The molecular weight excluding hydrogens is 194 g/mol. The molecule has 0 fully saturated rings. The summed E-state index contributed by atoms with van der Waals surface area (Å²) < 4.78 is 7.08. The van der Waals surface area contributed by atoms with Crippen molar-refractivity contribution in [3.8, 4) is 0 Å². The van der Waals surface area contributed by atoms with Gasteiger partial charge < -0.3 is 10.1 Å². The molecule has 1 N–H and O–H groups in total. The minimum atomic E-state index is 0.720. The summed E-state index contributed by atoms with van der Waals surface area (Å²) in [5.74, 6) is 0.883. The smallest absolute Gasteiger partial charge is 0.165 e. The maximum atomic E-state index is 5.26. The van der Waals surface area contributed by atoms with Gasteiger partial charge in [-0.05, 0) is 30.3 Å². The van der Waals surface area contributed by atoms with Gasteiger partial charge in [-0.1, -0.05) is 6.92 Å². The van der Waals surface area contributed by atoms with Crippen LogP contribution in [0.4, 0.5) is 0 Å². The average molecular weight is 213 g/mol. The number of hydrogen-bond acceptors (Lipinski definition) is 5. The Labute approximate surface area is 90.0 Å². The van der Waals surface area contributed by atoms with Crippen LogP contribution in [0.3, 0.4) is 0 Å². The van der Waals surface area contributed by atoms with Crippen LogP contribution in [0.5, 0.6) is 0 Å². The number of ether oxygens (including phenoxy) is 1. The zero-order chi connectivity index (χ0) is 10.9. The van der Waals surface area contributed by atoms with E-state index in [2.05, 4.69) is 27.8 Å². The molecule has 0 radical (unpaired) electrons. The molecule has 1 heterocycles. The molecule has 1 aromatic heterocycles. The van der Waals surface area contributed by atoms with Crippen LogP contribution in [0.15, 0.2) is 0 Å². The van der Waals surface area contributed by atoms with Crippen molar-refractivity contribution in [1.82, 2.24) is 25.5 Å². The summed E-state index contributed by atoms with van der Waals surface area (Å²) in [6.07, 6.45) is 0.942. The molecule has 1 aromatic rings. The van der Waals surface area contributed by atoms with Gasteiger partial charge in [0.15, 0.2) is 5.82 Å². The highest BCUT2D eigenvalue weighted by Crippen LogP contribution is 1.94. The molecule has 0 atom stereocenters. The highest BCUT2D eigenvalue weighted by molar-refractivity contribution is 4.79. The van der Waals surface area contributed by atoms with Gasteiger partial charge in [0.05, 0.1) is 6.54 Å². The van der Waals surface area contributed by atoms with Crippen LogP contribution in [-0.2, 0) is 17.8 Å². The first-order chi connectivity index (χ1) is 7.38. The van der Waals surface area contributed by atoms with Gasteiger partial charge in [-0.2, -0.15) is 0 Å². The van der Waals surface area contributed by atoms with Crippen molar-refractivity contribution >= 4 is 0 Å². The fourth-order valence-electron chi connectivity index (χ4n) is 1.22. The van der Waals surface area contributed by atoms with Crippen molar-refractivity contribution in [1.29, 1.82) is 0 Å². The molecule has 0 spiro atoms. The normalized spacial score (nSPS) is 10.8. The SMILES string of the molecule is CCNCc1nnnn1CCCOCC. The molecule has 15 heavy (non-hydrogen) atoms. The third-order valence-electron chi connectivity index (χ3n) is 2.00. The lowest BCUT2D eigenvalue weighted by Gasteiger charge is -2.04. The molecule has 0 aromatic carbocycles. The van der Waals surface area contributed by atoms with Crippen LogP contribution in [-0.4, -0.2) is 40.0 Å². The molecule has 0 amide bonds. The third-order valence-corrected chi connectivity index (χ3v) is 2.00. The average Bonchev–Trinajstić information content (AvgIpc) is 2.69. The zero-order valence-corrected chi connectivity index (χ0v) is 9.44. The first kappa shape index (κ1) is 12.1. The molecular formula is C9H19N5O. The molecule has 0 aliphatic heterocycles. The Morgan fingerprint density at radius 3 is 3.00 bits per heavy atom. The summed E-state index contributed by atoms with van der Waals surface area (Å²) >= 11 is 0. The van der Waals surface area contributed by atoms with Crippen LogP contribution in [0.2, 0.25) is 0 Å². The number of hydrogen-bond donors (Lipinski definition) is 1.